The van der Waals surface area contributed by atoms with Crippen LogP contribution in [0.4, 0.5) is 5.69 Å². The molecule has 1 unspecified atom stereocenters. The Kier molecular flexibility index (Phi) is 4.87. The van der Waals surface area contributed by atoms with Crippen LogP contribution in [0.15, 0.2) is 30.7 Å². The van der Waals surface area contributed by atoms with E-state index in [0.717, 1.165) is 30.5 Å². The zero-order chi connectivity index (χ0) is 23.6. The van der Waals surface area contributed by atoms with Crippen LogP contribution >= 0.6 is 23.2 Å². The predicted molar refractivity (Wildman–Crippen MR) is 124 cm³/mol. The molecule has 0 bridgehead atoms. The topological polar surface area (TPSA) is 123 Å². The third kappa shape index (κ3) is 3.28. The Bertz CT molecular complexity index is 1440. The maximum atomic E-state index is 13.4. The van der Waals surface area contributed by atoms with Crippen LogP contribution in [-0.2, 0) is 10.2 Å². The SMILES string of the molecule is CC(O)c1cnn(-c2ncc(NC(=O)[C@H]3CC4(CCC4)c4c3cnc3cc(Cl)nn43)cc2Cl)n1. The van der Waals surface area contributed by atoms with Crippen LogP contribution in [-0.4, -0.2) is 45.6 Å². The largest absolute Gasteiger partial charge is 0.387 e. The number of amides is 1. The van der Waals surface area contributed by atoms with E-state index in [0.29, 0.717) is 34.4 Å². The van der Waals surface area contributed by atoms with Crippen LogP contribution in [0.5, 0.6) is 0 Å². The summed E-state index contributed by atoms with van der Waals surface area (Å²) < 4.78 is 1.80. The zero-order valence-corrected chi connectivity index (χ0v) is 19.6. The molecule has 1 fully saturated rings. The smallest absolute Gasteiger partial charge is 0.232 e. The molecule has 0 saturated heterocycles. The molecule has 1 saturated carbocycles. The summed E-state index contributed by atoms with van der Waals surface area (Å²) in [7, 11) is 0. The van der Waals surface area contributed by atoms with Crippen LogP contribution in [0, 0.1) is 0 Å². The molecule has 2 atom stereocenters. The quantitative estimate of drug-likeness (QED) is 0.440. The number of aliphatic hydroxyl groups is 1. The molecular weight excluding hydrogens is 479 g/mol. The second-order valence-electron chi connectivity index (χ2n) is 8.94. The van der Waals surface area contributed by atoms with Crippen LogP contribution in [0.2, 0.25) is 10.2 Å². The molecule has 4 heterocycles. The summed E-state index contributed by atoms with van der Waals surface area (Å²) in [6, 6.07) is 3.34. The Morgan fingerprint density at radius 2 is 2.03 bits per heavy atom. The molecule has 4 aromatic rings. The Morgan fingerprint density at radius 1 is 1.21 bits per heavy atom. The average Bonchev–Trinajstić information content (AvgIpc) is 3.47. The standard InChI is InChI=1S/C22H20Cl2N8O2/c1-11(33)16-10-27-32(29-16)20-15(23)5-12(8-26-20)28-21(34)13-7-22(3-2-4-22)19-14(13)9-25-18-6-17(24)30-31(18)19/h5-6,8-11,13,33H,2-4,7H2,1H3,(H,28,34)/t11?,13-/m0/s1. The number of aliphatic hydroxyl groups excluding tert-OH is 1. The lowest BCUT2D eigenvalue weighted by atomic mass is 9.66. The van der Waals surface area contributed by atoms with Crippen molar-refractivity contribution in [3.05, 3.63) is 57.9 Å². The predicted octanol–water partition coefficient (Wildman–Crippen LogP) is 3.61. The molecule has 2 N–H and O–H groups in total. The highest BCUT2D eigenvalue weighted by Gasteiger charge is 2.52. The highest BCUT2D eigenvalue weighted by molar-refractivity contribution is 6.32. The first-order valence-electron chi connectivity index (χ1n) is 11.0. The summed E-state index contributed by atoms with van der Waals surface area (Å²) in [6.07, 6.45) is 7.81. The minimum atomic E-state index is -0.757. The lowest BCUT2D eigenvalue weighted by molar-refractivity contribution is -0.117. The van der Waals surface area contributed by atoms with Crippen LogP contribution in [0.3, 0.4) is 0 Å². The van der Waals surface area contributed by atoms with E-state index in [4.69, 9.17) is 23.2 Å². The van der Waals surface area contributed by atoms with Gasteiger partial charge in [0.1, 0.15) is 5.69 Å². The number of nitrogens with one attached hydrogen (secondary N) is 1. The molecule has 1 spiro atoms. The molecule has 10 nitrogen and oxygen atoms in total. The monoisotopic (exact) mass is 498 g/mol. The van der Waals surface area contributed by atoms with Gasteiger partial charge >= 0.3 is 0 Å². The molecule has 174 valence electrons. The second kappa shape index (κ2) is 7.72. The molecule has 34 heavy (non-hydrogen) atoms. The summed E-state index contributed by atoms with van der Waals surface area (Å²) in [6.45, 7) is 1.60. The van der Waals surface area contributed by atoms with Crippen LogP contribution < -0.4 is 5.32 Å². The fourth-order valence-corrected chi connectivity index (χ4v) is 5.44. The number of carbonyl (C=O) groups excluding carboxylic acids is 1. The fourth-order valence-electron chi connectivity index (χ4n) is 5.02. The van der Waals surface area contributed by atoms with Crippen molar-refractivity contribution >= 4 is 40.4 Å². The Hall–Kier alpha value is -3.08. The zero-order valence-electron chi connectivity index (χ0n) is 18.1. The number of fused-ring (bicyclic) bond motifs is 4. The van der Waals surface area contributed by atoms with Crippen molar-refractivity contribution < 1.29 is 9.90 Å². The minimum absolute atomic E-state index is 0.0824. The molecule has 0 radical (unpaired) electrons. The molecule has 0 aromatic carbocycles. The molecule has 0 aliphatic heterocycles. The molecule has 4 aromatic heterocycles. The minimum Gasteiger partial charge on any atom is -0.387 e. The van der Waals surface area contributed by atoms with Crippen molar-refractivity contribution in [2.75, 3.05) is 5.32 Å². The lowest BCUT2D eigenvalue weighted by Gasteiger charge is -2.39. The number of hydrogen-bond donors (Lipinski definition) is 2. The summed E-state index contributed by atoms with van der Waals surface area (Å²) in [4.78, 5) is 23.4. The molecular formula is C22H20Cl2N8O2. The van der Waals surface area contributed by atoms with E-state index in [-0.39, 0.29) is 22.3 Å². The molecule has 1 amide bonds. The number of carbonyl (C=O) groups is 1. The van der Waals surface area contributed by atoms with Gasteiger partial charge in [0.05, 0.1) is 40.8 Å². The Labute approximate surface area is 203 Å². The van der Waals surface area contributed by atoms with Gasteiger partial charge in [-0.05, 0) is 32.3 Å². The van der Waals surface area contributed by atoms with Gasteiger partial charge in [-0.1, -0.05) is 29.6 Å². The van der Waals surface area contributed by atoms with Gasteiger partial charge in [-0.2, -0.15) is 10.2 Å². The van der Waals surface area contributed by atoms with Gasteiger partial charge in [0, 0.05) is 23.2 Å². The van der Waals surface area contributed by atoms with E-state index in [1.807, 2.05) is 0 Å². The van der Waals surface area contributed by atoms with Crippen molar-refractivity contribution in [2.24, 2.45) is 0 Å². The molecule has 2 aliphatic rings. The first-order valence-corrected chi connectivity index (χ1v) is 11.7. The van der Waals surface area contributed by atoms with E-state index < -0.39 is 6.10 Å². The normalized spacial score (nSPS) is 19.2. The number of aromatic nitrogens is 7. The highest BCUT2D eigenvalue weighted by Crippen LogP contribution is 2.56. The second-order valence-corrected chi connectivity index (χ2v) is 9.74. The number of pyridine rings is 1. The van der Waals surface area contributed by atoms with Gasteiger partial charge in [-0.25, -0.2) is 14.5 Å². The van der Waals surface area contributed by atoms with Gasteiger partial charge in [-0.15, -0.1) is 9.90 Å². The number of anilines is 1. The number of nitrogens with zero attached hydrogens (tertiary/aromatic N) is 7. The fraction of sp³-hybridized carbons (Fsp3) is 0.364. The van der Waals surface area contributed by atoms with E-state index in [2.05, 4.69) is 30.6 Å². The van der Waals surface area contributed by atoms with Gasteiger partial charge < -0.3 is 10.4 Å². The first kappa shape index (κ1) is 21.5. The summed E-state index contributed by atoms with van der Waals surface area (Å²) >= 11 is 12.6. The average molecular weight is 499 g/mol. The van der Waals surface area contributed by atoms with Gasteiger partial charge in [0.2, 0.25) is 5.91 Å². The van der Waals surface area contributed by atoms with Crippen molar-refractivity contribution in [3.8, 4) is 5.82 Å². The van der Waals surface area contributed by atoms with Gasteiger partial charge in [0.25, 0.3) is 0 Å². The van der Waals surface area contributed by atoms with Crippen molar-refractivity contribution in [1.82, 2.24) is 34.6 Å². The van der Waals surface area contributed by atoms with E-state index in [1.54, 1.807) is 29.8 Å². The number of rotatable bonds is 4. The maximum absolute atomic E-state index is 13.4. The molecule has 6 rings (SSSR count). The summed E-state index contributed by atoms with van der Waals surface area (Å²) in [5.41, 5.74) is 3.40. The van der Waals surface area contributed by atoms with Crippen molar-refractivity contribution in [2.45, 2.75) is 50.0 Å². The van der Waals surface area contributed by atoms with Gasteiger partial charge in [-0.3, -0.25) is 4.79 Å². The number of halogens is 2. The van der Waals surface area contributed by atoms with E-state index in [9.17, 15) is 9.90 Å². The van der Waals surface area contributed by atoms with Gasteiger partial charge in [0.15, 0.2) is 16.6 Å². The first-order chi connectivity index (χ1) is 16.3. The third-order valence-corrected chi connectivity index (χ3v) is 7.26. The van der Waals surface area contributed by atoms with E-state index in [1.165, 1.54) is 17.2 Å². The Morgan fingerprint density at radius 3 is 2.71 bits per heavy atom. The van der Waals surface area contributed by atoms with Crippen LogP contribution in [0.1, 0.15) is 61.6 Å². The third-order valence-electron chi connectivity index (χ3n) is 6.80. The maximum Gasteiger partial charge on any atom is 0.232 e. The lowest BCUT2D eigenvalue weighted by Crippen LogP contribution is -2.34. The van der Waals surface area contributed by atoms with Crippen molar-refractivity contribution in [1.29, 1.82) is 0 Å². The summed E-state index contributed by atoms with van der Waals surface area (Å²) in [5.74, 6) is -0.216. The Balaban J connectivity index is 1.28. The van der Waals surface area contributed by atoms with Crippen molar-refractivity contribution in [3.63, 3.8) is 0 Å². The molecule has 12 heteroatoms. The molecule has 2 aliphatic carbocycles. The van der Waals surface area contributed by atoms with E-state index >= 15 is 0 Å². The van der Waals surface area contributed by atoms with Crippen LogP contribution in [0.25, 0.3) is 11.5 Å². The number of hydrogen-bond acceptors (Lipinski definition) is 7. The summed E-state index contributed by atoms with van der Waals surface area (Å²) in [5, 5.41) is 26.0. The highest BCUT2D eigenvalue weighted by atomic mass is 35.5.